The fraction of sp³-hybridized carbons (Fsp3) is 0.316. The standard InChI is InChI=1S/C19H21N3O6S/c23-18(14-6-8-16(9-7-14)22(25)26)13-20-19(24)15-4-3-5-17(12-15)29(27,28)21-10-1-2-11-21/h3-9,12,18,23H,1-2,10-11,13H2,(H,20,24)/t18-/m1/s1. The summed E-state index contributed by atoms with van der Waals surface area (Å²) in [6.45, 7) is 0.820. The molecule has 2 N–H and O–H groups in total. The lowest BCUT2D eigenvalue weighted by Crippen LogP contribution is -2.30. The van der Waals surface area contributed by atoms with Crippen molar-refractivity contribution in [2.24, 2.45) is 0 Å². The molecule has 9 nitrogen and oxygen atoms in total. The molecule has 1 amide bonds. The minimum Gasteiger partial charge on any atom is -0.387 e. The summed E-state index contributed by atoms with van der Waals surface area (Å²) >= 11 is 0. The van der Waals surface area contributed by atoms with E-state index in [2.05, 4.69) is 5.32 Å². The van der Waals surface area contributed by atoms with Crippen molar-refractivity contribution < 1.29 is 23.2 Å². The molecule has 1 aliphatic heterocycles. The number of carbonyl (C=O) groups is 1. The van der Waals surface area contributed by atoms with Crippen LogP contribution in [-0.4, -0.2) is 48.3 Å². The number of rotatable bonds is 7. The van der Waals surface area contributed by atoms with Crippen LogP contribution < -0.4 is 5.32 Å². The Balaban J connectivity index is 1.65. The molecule has 0 aromatic heterocycles. The van der Waals surface area contributed by atoms with Gasteiger partial charge in [0, 0.05) is 37.3 Å². The van der Waals surface area contributed by atoms with E-state index >= 15 is 0 Å². The molecule has 0 aliphatic carbocycles. The highest BCUT2D eigenvalue weighted by Gasteiger charge is 2.27. The van der Waals surface area contributed by atoms with Crippen LogP contribution >= 0.6 is 0 Å². The van der Waals surface area contributed by atoms with Crippen LogP contribution in [0.25, 0.3) is 0 Å². The number of carbonyl (C=O) groups excluding carboxylic acids is 1. The molecule has 1 fully saturated rings. The summed E-state index contributed by atoms with van der Waals surface area (Å²) in [6.07, 6.45) is 0.580. The van der Waals surface area contributed by atoms with Gasteiger partial charge >= 0.3 is 0 Å². The maximum Gasteiger partial charge on any atom is 0.269 e. The van der Waals surface area contributed by atoms with Gasteiger partial charge in [-0.05, 0) is 48.7 Å². The van der Waals surface area contributed by atoms with Crippen LogP contribution in [0.2, 0.25) is 0 Å². The van der Waals surface area contributed by atoms with Crippen molar-refractivity contribution in [2.75, 3.05) is 19.6 Å². The molecule has 10 heteroatoms. The molecule has 0 radical (unpaired) electrons. The fourth-order valence-corrected chi connectivity index (χ4v) is 4.67. The number of benzene rings is 2. The van der Waals surface area contributed by atoms with Gasteiger partial charge in [-0.25, -0.2) is 8.42 Å². The minimum absolute atomic E-state index is 0.0583. The zero-order valence-corrected chi connectivity index (χ0v) is 16.3. The van der Waals surface area contributed by atoms with Crippen molar-refractivity contribution in [1.29, 1.82) is 0 Å². The first kappa shape index (κ1) is 20.9. The second kappa shape index (κ2) is 8.68. The average molecular weight is 419 g/mol. The smallest absolute Gasteiger partial charge is 0.269 e. The van der Waals surface area contributed by atoms with E-state index in [-0.39, 0.29) is 22.7 Å². The van der Waals surface area contributed by atoms with Gasteiger partial charge in [-0.15, -0.1) is 0 Å². The first-order chi connectivity index (χ1) is 13.8. The molecule has 1 heterocycles. The van der Waals surface area contributed by atoms with Crippen molar-refractivity contribution in [2.45, 2.75) is 23.8 Å². The maximum atomic E-state index is 12.6. The molecular formula is C19H21N3O6S. The van der Waals surface area contributed by atoms with Gasteiger partial charge in [-0.1, -0.05) is 6.07 Å². The Bertz CT molecular complexity index is 1000. The molecule has 1 aliphatic rings. The van der Waals surface area contributed by atoms with Gasteiger partial charge < -0.3 is 10.4 Å². The number of nitrogens with zero attached hydrogens (tertiary/aromatic N) is 2. The van der Waals surface area contributed by atoms with Gasteiger partial charge in [0.15, 0.2) is 0 Å². The van der Waals surface area contributed by atoms with Crippen molar-refractivity contribution >= 4 is 21.6 Å². The molecule has 2 aromatic carbocycles. The Morgan fingerprint density at radius 3 is 2.45 bits per heavy atom. The highest BCUT2D eigenvalue weighted by molar-refractivity contribution is 7.89. The zero-order chi connectivity index (χ0) is 21.0. The summed E-state index contributed by atoms with van der Waals surface area (Å²) in [5.74, 6) is -0.524. The number of nitrogens with one attached hydrogen (secondary N) is 1. The summed E-state index contributed by atoms with van der Waals surface area (Å²) in [6, 6.07) is 11.1. The van der Waals surface area contributed by atoms with Crippen LogP contribution in [0, 0.1) is 10.1 Å². The predicted octanol–water partition coefficient (Wildman–Crippen LogP) is 1.84. The summed E-state index contributed by atoms with van der Waals surface area (Å²) in [5, 5.41) is 23.4. The summed E-state index contributed by atoms with van der Waals surface area (Å²) < 4.78 is 26.7. The van der Waals surface area contributed by atoms with Crippen LogP contribution in [0.1, 0.15) is 34.9 Å². The molecule has 0 saturated carbocycles. The number of hydrogen-bond donors (Lipinski definition) is 2. The fourth-order valence-electron chi connectivity index (χ4n) is 3.10. The molecule has 154 valence electrons. The van der Waals surface area contributed by atoms with E-state index in [0.29, 0.717) is 18.7 Å². The predicted molar refractivity (Wildman–Crippen MR) is 105 cm³/mol. The lowest BCUT2D eigenvalue weighted by Gasteiger charge is -2.16. The number of non-ortho nitro benzene ring substituents is 1. The molecule has 1 atom stereocenters. The van der Waals surface area contributed by atoms with E-state index in [1.165, 1.54) is 52.8 Å². The van der Waals surface area contributed by atoms with Gasteiger partial charge in [0.1, 0.15) is 0 Å². The molecule has 29 heavy (non-hydrogen) atoms. The molecule has 0 spiro atoms. The van der Waals surface area contributed by atoms with Gasteiger partial charge in [0.25, 0.3) is 11.6 Å². The number of aliphatic hydroxyl groups is 1. The normalized spacial score (nSPS) is 15.8. The van der Waals surface area contributed by atoms with Crippen molar-refractivity contribution in [3.8, 4) is 0 Å². The lowest BCUT2D eigenvalue weighted by atomic mass is 10.1. The van der Waals surface area contributed by atoms with Crippen molar-refractivity contribution in [3.05, 3.63) is 69.8 Å². The second-order valence-corrected chi connectivity index (χ2v) is 8.65. The number of aliphatic hydroxyl groups excluding tert-OH is 1. The van der Waals surface area contributed by atoms with E-state index in [0.717, 1.165) is 12.8 Å². The third-order valence-electron chi connectivity index (χ3n) is 4.74. The van der Waals surface area contributed by atoms with Gasteiger partial charge in [0.05, 0.1) is 15.9 Å². The highest BCUT2D eigenvalue weighted by Crippen LogP contribution is 2.22. The molecule has 0 unspecified atom stereocenters. The van der Waals surface area contributed by atoms with Crippen LogP contribution in [0.4, 0.5) is 5.69 Å². The third-order valence-corrected chi connectivity index (χ3v) is 6.64. The Labute approximate surface area is 168 Å². The van der Waals surface area contributed by atoms with Gasteiger partial charge in [-0.2, -0.15) is 4.31 Å². The van der Waals surface area contributed by atoms with E-state index in [9.17, 15) is 28.4 Å². The Kier molecular flexibility index (Phi) is 6.26. The largest absolute Gasteiger partial charge is 0.387 e. The molecule has 0 bridgehead atoms. The molecule has 3 rings (SSSR count). The van der Waals surface area contributed by atoms with Gasteiger partial charge in [0.2, 0.25) is 10.0 Å². The summed E-state index contributed by atoms with van der Waals surface area (Å²) in [4.78, 5) is 22.6. The van der Waals surface area contributed by atoms with Gasteiger partial charge in [-0.3, -0.25) is 14.9 Å². The number of sulfonamides is 1. The van der Waals surface area contributed by atoms with E-state index in [1.54, 1.807) is 0 Å². The maximum absolute atomic E-state index is 12.6. The number of hydrogen-bond acceptors (Lipinski definition) is 6. The number of nitro groups is 1. The third kappa shape index (κ3) is 4.78. The van der Waals surface area contributed by atoms with Crippen molar-refractivity contribution in [1.82, 2.24) is 9.62 Å². The molecule has 2 aromatic rings. The average Bonchev–Trinajstić information content (AvgIpc) is 3.27. The topological polar surface area (TPSA) is 130 Å². The van der Waals surface area contributed by atoms with Crippen LogP contribution in [0.15, 0.2) is 53.4 Å². The van der Waals surface area contributed by atoms with Crippen LogP contribution in [-0.2, 0) is 10.0 Å². The SMILES string of the molecule is O=C(NC[C@@H](O)c1ccc([N+](=O)[O-])cc1)c1cccc(S(=O)(=O)N2CCCC2)c1. The quantitative estimate of drug-likeness (QED) is 0.520. The van der Waals surface area contributed by atoms with Crippen LogP contribution in [0.5, 0.6) is 0 Å². The van der Waals surface area contributed by atoms with Crippen molar-refractivity contribution in [3.63, 3.8) is 0 Å². The molecule has 1 saturated heterocycles. The minimum atomic E-state index is -3.63. The summed E-state index contributed by atoms with van der Waals surface area (Å²) in [7, 11) is -3.63. The summed E-state index contributed by atoms with van der Waals surface area (Å²) in [5.41, 5.74) is 0.489. The Morgan fingerprint density at radius 2 is 1.83 bits per heavy atom. The van der Waals surface area contributed by atoms with E-state index < -0.39 is 27.0 Å². The zero-order valence-electron chi connectivity index (χ0n) is 15.5. The Morgan fingerprint density at radius 1 is 1.17 bits per heavy atom. The van der Waals surface area contributed by atoms with Crippen LogP contribution in [0.3, 0.4) is 0 Å². The Hall–Kier alpha value is -2.82. The van der Waals surface area contributed by atoms with E-state index in [4.69, 9.17) is 0 Å². The first-order valence-electron chi connectivity index (χ1n) is 9.10. The van der Waals surface area contributed by atoms with E-state index in [1.807, 2.05) is 0 Å². The first-order valence-corrected chi connectivity index (χ1v) is 10.5. The highest BCUT2D eigenvalue weighted by atomic mass is 32.2. The monoisotopic (exact) mass is 419 g/mol. The second-order valence-electron chi connectivity index (χ2n) is 6.71. The number of nitro benzene ring substituents is 1. The molecular weight excluding hydrogens is 398 g/mol. The number of amides is 1. The lowest BCUT2D eigenvalue weighted by molar-refractivity contribution is -0.384.